The van der Waals surface area contributed by atoms with Crippen LogP contribution >= 0.6 is 11.6 Å². The number of nitrogens with one attached hydrogen (secondary N) is 2. The number of amides is 2. The van der Waals surface area contributed by atoms with E-state index in [1.54, 1.807) is 25.1 Å². The molecule has 0 spiro atoms. The van der Waals surface area contributed by atoms with E-state index >= 15 is 0 Å². The van der Waals surface area contributed by atoms with Crippen molar-refractivity contribution in [1.29, 1.82) is 0 Å². The van der Waals surface area contributed by atoms with Crippen LogP contribution in [0, 0.1) is 18.6 Å². The van der Waals surface area contributed by atoms with Gasteiger partial charge in [-0.2, -0.15) is 0 Å². The molecule has 28 heavy (non-hydrogen) atoms. The molecular weight excluding hydrogens is 394 g/mol. The van der Waals surface area contributed by atoms with Crippen LogP contribution in [0.1, 0.15) is 22.3 Å². The summed E-state index contributed by atoms with van der Waals surface area (Å²) < 4.78 is 31.1. The van der Waals surface area contributed by atoms with Crippen molar-refractivity contribution >= 4 is 35.1 Å². The molecule has 0 aliphatic carbocycles. The lowest BCUT2D eigenvalue weighted by Gasteiger charge is -2.10. The lowest BCUT2D eigenvalue weighted by molar-refractivity contribution is -0.147. The van der Waals surface area contributed by atoms with Crippen LogP contribution < -0.4 is 10.6 Å². The Hall–Kier alpha value is -3.00. The van der Waals surface area contributed by atoms with Gasteiger partial charge in [-0.3, -0.25) is 14.4 Å². The first-order valence-electron chi connectivity index (χ1n) is 8.21. The van der Waals surface area contributed by atoms with Gasteiger partial charge >= 0.3 is 5.97 Å². The molecule has 0 heterocycles. The van der Waals surface area contributed by atoms with E-state index in [1.165, 1.54) is 0 Å². The van der Waals surface area contributed by atoms with Crippen molar-refractivity contribution in [2.45, 2.75) is 13.3 Å². The molecule has 0 saturated carbocycles. The normalized spacial score (nSPS) is 10.3. The van der Waals surface area contributed by atoms with Gasteiger partial charge in [-0.05, 0) is 36.8 Å². The Bertz CT molecular complexity index is 905. The summed E-state index contributed by atoms with van der Waals surface area (Å²) in [5, 5.41) is 5.37. The van der Waals surface area contributed by atoms with Crippen LogP contribution in [-0.2, 0) is 14.3 Å². The molecule has 0 aliphatic rings. The monoisotopic (exact) mass is 410 g/mol. The van der Waals surface area contributed by atoms with Crippen molar-refractivity contribution in [3.8, 4) is 0 Å². The first-order chi connectivity index (χ1) is 13.3. The molecule has 148 valence electrons. The van der Waals surface area contributed by atoms with Crippen molar-refractivity contribution in [2.75, 3.05) is 18.5 Å². The minimum Gasteiger partial charge on any atom is -0.456 e. The first kappa shape index (κ1) is 21.3. The lowest BCUT2D eigenvalue weighted by atomic mass is 10.2. The maximum Gasteiger partial charge on any atom is 0.308 e. The van der Waals surface area contributed by atoms with E-state index in [4.69, 9.17) is 16.3 Å². The summed E-state index contributed by atoms with van der Waals surface area (Å²) in [6, 6.07) is 7.55. The second-order valence-electron chi connectivity index (χ2n) is 5.75. The summed E-state index contributed by atoms with van der Waals surface area (Å²) in [5.74, 6) is -3.87. The van der Waals surface area contributed by atoms with Gasteiger partial charge in [0.15, 0.2) is 6.61 Å². The zero-order chi connectivity index (χ0) is 20.7. The number of anilines is 1. The molecule has 2 aromatic rings. The Morgan fingerprint density at radius 1 is 1.14 bits per heavy atom. The van der Waals surface area contributed by atoms with E-state index in [-0.39, 0.29) is 18.5 Å². The molecule has 0 radical (unpaired) electrons. The molecule has 0 atom stereocenters. The van der Waals surface area contributed by atoms with E-state index in [9.17, 15) is 23.2 Å². The van der Waals surface area contributed by atoms with Crippen LogP contribution in [0.4, 0.5) is 14.5 Å². The standard InChI is InChI=1S/C19H17ClF2N2O4/c1-11-14(20)3-2-4-16(11)24-17(25)10-28-18(26)7-8-23-19(27)13-6-5-12(21)9-15(13)22/h2-6,9H,7-8,10H2,1H3,(H,23,27)(H,24,25). The zero-order valence-corrected chi connectivity index (χ0v) is 15.6. The van der Waals surface area contributed by atoms with Gasteiger partial charge < -0.3 is 15.4 Å². The van der Waals surface area contributed by atoms with Crippen LogP contribution in [0.5, 0.6) is 0 Å². The highest BCUT2D eigenvalue weighted by molar-refractivity contribution is 6.31. The molecule has 0 aliphatic heterocycles. The fourth-order valence-electron chi connectivity index (χ4n) is 2.19. The summed E-state index contributed by atoms with van der Waals surface area (Å²) >= 11 is 5.96. The molecule has 2 aromatic carbocycles. The van der Waals surface area contributed by atoms with Gasteiger partial charge in [0.1, 0.15) is 11.6 Å². The van der Waals surface area contributed by atoms with E-state index in [1.807, 2.05) is 0 Å². The van der Waals surface area contributed by atoms with E-state index in [0.717, 1.165) is 12.1 Å². The minimum absolute atomic E-state index is 0.135. The predicted molar refractivity (Wildman–Crippen MR) is 99.1 cm³/mol. The van der Waals surface area contributed by atoms with Gasteiger partial charge in [-0.1, -0.05) is 17.7 Å². The van der Waals surface area contributed by atoms with Gasteiger partial charge in [0.2, 0.25) is 0 Å². The smallest absolute Gasteiger partial charge is 0.308 e. The molecule has 6 nitrogen and oxygen atoms in total. The molecule has 0 aromatic heterocycles. The Morgan fingerprint density at radius 3 is 2.61 bits per heavy atom. The number of carbonyl (C=O) groups excluding carboxylic acids is 3. The second kappa shape index (κ2) is 9.80. The Balaban J connectivity index is 1.73. The Morgan fingerprint density at radius 2 is 1.89 bits per heavy atom. The average molecular weight is 411 g/mol. The highest BCUT2D eigenvalue weighted by Gasteiger charge is 2.14. The molecular formula is C19H17ClF2N2O4. The number of ether oxygens (including phenoxy) is 1. The van der Waals surface area contributed by atoms with Crippen molar-refractivity contribution < 1.29 is 27.9 Å². The Labute approximate surface area is 164 Å². The number of rotatable bonds is 7. The van der Waals surface area contributed by atoms with Crippen LogP contribution in [0.25, 0.3) is 0 Å². The summed E-state index contributed by atoms with van der Waals surface area (Å²) in [7, 11) is 0. The molecule has 0 fully saturated rings. The summed E-state index contributed by atoms with van der Waals surface area (Å²) in [6.45, 7) is 1.09. The highest BCUT2D eigenvalue weighted by Crippen LogP contribution is 2.22. The van der Waals surface area contributed by atoms with Crippen LogP contribution in [0.3, 0.4) is 0 Å². The third-order valence-corrected chi connectivity index (χ3v) is 4.11. The van der Waals surface area contributed by atoms with Gasteiger partial charge in [0, 0.05) is 23.3 Å². The number of benzene rings is 2. The summed E-state index contributed by atoms with van der Waals surface area (Å²) in [6.07, 6.45) is -0.224. The van der Waals surface area contributed by atoms with Gasteiger partial charge in [-0.25, -0.2) is 8.78 Å². The maximum atomic E-state index is 13.5. The van der Waals surface area contributed by atoms with Crippen LogP contribution in [0.15, 0.2) is 36.4 Å². The third kappa shape index (κ3) is 6.02. The first-order valence-corrected chi connectivity index (χ1v) is 8.59. The number of halogens is 3. The van der Waals surface area contributed by atoms with E-state index in [2.05, 4.69) is 10.6 Å². The third-order valence-electron chi connectivity index (χ3n) is 3.70. The second-order valence-corrected chi connectivity index (χ2v) is 6.16. The molecule has 9 heteroatoms. The molecule has 0 unspecified atom stereocenters. The molecule has 0 saturated heterocycles. The predicted octanol–water partition coefficient (Wildman–Crippen LogP) is 3.23. The SMILES string of the molecule is Cc1c(Cl)cccc1NC(=O)COC(=O)CCNC(=O)c1ccc(F)cc1F. The number of carbonyl (C=O) groups is 3. The summed E-state index contributed by atoms with van der Waals surface area (Å²) in [5.41, 5.74) is 0.841. The quantitative estimate of drug-likeness (QED) is 0.686. The number of hydrogen-bond acceptors (Lipinski definition) is 4. The zero-order valence-electron chi connectivity index (χ0n) is 14.9. The van der Waals surface area contributed by atoms with Gasteiger partial charge in [0.25, 0.3) is 11.8 Å². The molecule has 2 rings (SSSR count). The highest BCUT2D eigenvalue weighted by atomic mass is 35.5. The largest absolute Gasteiger partial charge is 0.456 e. The van der Waals surface area contributed by atoms with Crippen molar-refractivity contribution in [3.63, 3.8) is 0 Å². The van der Waals surface area contributed by atoms with E-state index < -0.39 is 36.0 Å². The molecule has 2 amide bonds. The van der Waals surface area contributed by atoms with Gasteiger partial charge in [-0.15, -0.1) is 0 Å². The summed E-state index contributed by atoms with van der Waals surface area (Å²) in [4.78, 5) is 35.3. The Kier molecular flexibility index (Phi) is 7.45. The lowest BCUT2D eigenvalue weighted by Crippen LogP contribution is -2.28. The molecule has 0 bridgehead atoms. The van der Waals surface area contributed by atoms with Gasteiger partial charge in [0.05, 0.1) is 12.0 Å². The van der Waals surface area contributed by atoms with Crippen LogP contribution in [0.2, 0.25) is 5.02 Å². The van der Waals surface area contributed by atoms with Crippen molar-refractivity contribution in [2.24, 2.45) is 0 Å². The van der Waals surface area contributed by atoms with E-state index in [0.29, 0.717) is 22.3 Å². The average Bonchev–Trinajstić information content (AvgIpc) is 2.63. The molecule has 2 N–H and O–H groups in total. The fraction of sp³-hybridized carbons (Fsp3) is 0.211. The number of esters is 1. The van der Waals surface area contributed by atoms with Crippen LogP contribution in [-0.4, -0.2) is 30.9 Å². The maximum absolute atomic E-state index is 13.5. The van der Waals surface area contributed by atoms with Crippen molar-refractivity contribution in [1.82, 2.24) is 5.32 Å². The minimum atomic E-state index is -1.01. The number of hydrogen-bond donors (Lipinski definition) is 2. The van der Waals surface area contributed by atoms with Crippen molar-refractivity contribution in [3.05, 3.63) is 64.2 Å². The fourth-order valence-corrected chi connectivity index (χ4v) is 2.37. The topological polar surface area (TPSA) is 84.5 Å².